The number of aromatic nitrogens is 1. The SMILES string of the molecule is CC1CN(C(=O)OC(C)(C)C)CC2Cc3ccc(COCC4CC4)nc3N12. The minimum absolute atomic E-state index is 0.215. The van der Waals surface area contributed by atoms with Crippen molar-refractivity contribution < 1.29 is 14.3 Å². The van der Waals surface area contributed by atoms with Crippen molar-refractivity contribution in [3.63, 3.8) is 0 Å². The number of ether oxygens (including phenoxy) is 2. The maximum absolute atomic E-state index is 12.5. The molecule has 148 valence electrons. The Morgan fingerprint density at radius 3 is 2.74 bits per heavy atom. The fourth-order valence-corrected chi connectivity index (χ4v) is 4.05. The minimum Gasteiger partial charge on any atom is -0.444 e. The Bertz CT molecular complexity index is 711. The molecule has 2 atom stereocenters. The number of pyridine rings is 1. The van der Waals surface area contributed by atoms with Crippen molar-refractivity contribution in [2.45, 2.75) is 71.2 Å². The van der Waals surface area contributed by atoms with E-state index in [0.717, 1.165) is 30.5 Å². The molecule has 6 heteroatoms. The summed E-state index contributed by atoms with van der Waals surface area (Å²) in [4.78, 5) is 21.6. The molecule has 0 N–H and O–H groups in total. The lowest BCUT2D eigenvalue weighted by atomic mass is 10.1. The van der Waals surface area contributed by atoms with Gasteiger partial charge < -0.3 is 19.3 Å². The molecule has 0 spiro atoms. The van der Waals surface area contributed by atoms with E-state index in [1.807, 2.05) is 25.7 Å². The van der Waals surface area contributed by atoms with Crippen molar-refractivity contribution in [3.8, 4) is 0 Å². The van der Waals surface area contributed by atoms with Crippen LogP contribution in [0.2, 0.25) is 0 Å². The molecular weight excluding hydrogens is 342 g/mol. The molecule has 2 aliphatic heterocycles. The first-order valence-corrected chi connectivity index (χ1v) is 10.1. The highest BCUT2D eigenvalue weighted by atomic mass is 16.6. The highest BCUT2D eigenvalue weighted by Crippen LogP contribution is 2.36. The third-order valence-electron chi connectivity index (χ3n) is 5.45. The Labute approximate surface area is 161 Å². The summed E-state index contributed by atoms with van der Waals surface area (Å²) < 4.78 is 11.4. The lowest BCUT2D eigenvalue weighted by molar-refractivity contribution is 0.0191. The Morgan fingerprint density at radius 1 is 1.26 bits per heavy atom. The maximum atomic E-state index is 12.5. The van der Waals surface area contributed by atoms with Crippen LogP contribution in [0, 0.1) is 5.92 Å². The average molecular weight is 373 g/mol. The predicted octanol–water partition coefficient (Wildman–Crippen LogP) is 3.38. The highest BCUT2D eigenvalue weighted by Gasteiger charge is 2.41. The summed E-state index contributed by atoms with van der Waals surface area (Å²) in [5, 5.41) is 0. The fraction of sp³-hybridized carbons (Fsp3) is 0.714. The van der Waals surface area contributed by atoms with Gasteiger partial charge in [-0.3, -0.25) is 0 Å². The summed E-state index contributed by atoms with van der Waals surface area (Å²) in [5.74, 6) is 1.84. The standard InChI is InChI=1S/C21H31N3O3/c1-14-10-23(20(25)27-21(2,3)4)11-18-9-16-7-8-17(22-19(16)24(14)18)13-26-12-15-5-6-15/h7-8,14-15,18H,5-6,9-13H2,1-4H3. The molecule has 1 aromatic heterocycles. The number of carbonyl (C=O) groups excluding carboxylic acids is 1. The van der Waals surface area contributed by atoms with E-state index in [9.17, 15) is 4.79 Å². The summed E-state index contributed by atoms with van der Waals surface area (Å²) in [6.07, 6.45) is 3.32. The summed E-state index contributed by atoms with van der Waals surface area (Å²) >= 11 is 0. The van der Waals surface area contributed by atoms with Gasteiger partial charge in [0.15, 0.2) is 0 Å². The summed E-state index contributed by atoms with van der Waals surface area (Å²) in [5.41, 5.74) is 1.80. The molecule has 0 radical (unpaired) electrons. The van der Waals surface area contributed by atoms with Gasteiger partial charge >= 0.3 is 6.09 Å². The number of amides is 1. The minimum atomic E-state index is -0.465. The van der Waals surface area contributed by atoms with Crippen molar-refractivity contribution in [1.29, 1.82) is 0 Å². The molecule has 1 aliphatic carbocycles. The Balaban J connectivity index is 1.43. The molecular formula is C21H31N3O3. The smallest absolute Gasteiger partial charge is 0.410 e. The number of hydrogen-bond acceptors (Lipinski definition) is 5. The second-order valence-corrected chi connectivity index (χ2v) is 9.24. The van der Waals surface area contributed by atoms with Crippen LogP contribution in [0.5, 0.6) is 0 Å². The fourth-order valence-electron chi connectivity index (χ4n) is 4.05. The van der Waals surface area contributed by atoms with E-state index in [2.05, 4.69) is 24.0 Å². The molecule has 27 heavy (non-hydrogen) atoms. The zero-order valence-corrected chi connectivity index (χ0v) is 16.9. The zero-order valence-electron chi connectivity index (χ0n) is 16.9. The van der Waals surface area contributed by atoms with Crippen LogP contribution in [0.15, 0.2) is 12.1 Å². The second-order valence-electron chi connectivity index (χ2n) is 9.24. The lowest BCUT2D eigenvalue weighted by Crippen LogP contribution is -2.58. The van der Waals surface area contributed by atoms with E-state index in [4.69, 9.17) is 14.5 Å². The molecule has 3 aliphatic rings. The van der Waals surface area contributed by atoms with Gasteiger partial charge in [0.2, 0.25) is 0 Å². The van der Waals surface area contributed by atoms with Crippen LogP contribution >= 0.6 is 0 Å². The maximum Gasteiger partial charge on any atom is 0.410 e. The predicted molar refractivity (Wildman–Crippen MR) is 104 cm³/mol. The largest absolute Gasteiger partial charge is 0.444 e. The van der Waals surface area contributed by atoms with Crippen LogP contribution in [0.3, 0.4) is 0 Å². The third kappa shape index (κ3) is 4.21. The Hall–Kier alpha value is -1.82. The molecule has 1 saturated heterocycles. The van der Waals surface area contributed by atoms with Crippen molar-refractivity contribution in [3.05, 3.63) is 23.4 Å². The Morgan fingerprint density at radius 2 is 2.04 bits per heavy atom. The molecule has 0 aromatic carbocycles. The topological polar surface area (TPSA) is 54.9 Å². The molecule has 1 amide bonds. The van der Waals surface area contributed by atoms with Gasteiger partial charge in [0.05, 0.1) is 18.3 Å². The molecule has 4 rings (SSSR count). The van der Waals surface area contributed by atoms with Crippen molar-refractivity contribution in [2.24, 2.45) is 5.92 Å². The number of piperazine rings is 1. The van der Waals surface area contributed by atoms with Crippen molar-refractivity contribution in [2.75, 3.05) is 24.6 Å². The quantitative estimate of drug-likeness (QED) is 0.810. The van der Waals surface area contributed by atoms with Crippen molar-refractivity contribution in [1.82, 2.24) is 9.88 Å². The normalized spacial score (nSPS) is 24.6. The third-order valence-corrected chi connectivity index (χ3v) is 5.45. The monoisotopic (exact) mass is 373 g/mol. The van der Waals surface area contributed by atoms with Crippen LogP contribution in [-0.2, 0) is 22.5 Å². The summed E-state index contributed by atoms with van der Waals surface area (Å²) in [6, 6.07) is 4.75. The zero-order chi connectivity index (χ0) is 19.2. The van der Waals surface area contributed by atoms with E-state index >= 15 is 0 Å². The van der Waals surface area contributed by atoms with E-state index in [1.54, 1.807) is 0 Å². The van der Waals surface area contributed by atoms with Gasteiger partial charge in [-0.05, 0) is 64.5 Å². The van der Waals surface area contributed by atoms with Gasteiger partial charge in [-0.15, -0.1) is 0 Å². The lowest BCUT2D eigenvalue weighted by Gasteiger charge is -2.43. The van der Waals surface area contributed by atoms with E-state index in [1.165, 1.54) is 18.4 Å². The highest BCUT2D eigenvalue weighted by molar-refractivity contribution is 5.69. The van der Waals surface area contributed by atoms with E-state index in [0.29, 0.717) is 19.7 Å². The van der Waals surface area contributed by atoms with E-state index < -0.39 is 5.60 Å². The van der Waals surface area contributed by atoms with Crippen LogP contribution in [0.25, 0.3) is 0 Å². The number of carbonyl (C=O) groups is 1. The first kappa shape index (κ1) is 18.5. The van der Waals surface area contributed by atoms with Gasteiger partial charge in [0, 0.05) is 25.7 Å². The van der Waals surface area contributed by atoms with Crippen LogP contribution in [0.1, 0.15) is 51.8 Å². The number of fused-ring (bicyclic) bond motifs is 3. The second kappa shape index (κ2) is 6.97. The van der Waals surface area contributed by atoms with Crippen LogP contribution < -0.4 is 4.90 Å². The van der Waals surface area contributed by atoms with Gasteiger partial charge in [0.25, 0.3) is 0 Å². The van der Waals surface area contributed by atoms with Gasteiger partial charge in [-0.25, -0.2) is 9.78 Å². The molecule has 1 saturated carbocycles. The molecule has 3 heterocycles. The summed E-state index contributed by atoms with van der Waals surface area (Å²) in [7, 11) is 0. The number of rotatable bonds is 4. The van der Waals surface area contributed by atoms with Crippen molar-refractivity contribution >= 4 is 11.9 Å². The number of anilines is 1. The molecule has 0 bridgehead atoms. The molecule has 6 nitrogen and oxygen atoms in total. The Kier molecular flexibility index (Phi) is 4.78. The van der Waals surface area contributed by atoms with Gasteiger partial charge in [-0.1, -0.05) is 6.07 Å². The van der Waals surface area contributed by atoms with Crippen LogP contribution in [-0.4, -0.2) is 53.4 Å². The molecule has 2 fully saturated rings. The van der Waals surface area contributed by atoms with Gasteiger partial charge in [0.1, 0.15) is 11.4 Å². The average Bonchev–Trinajstić information content (AvgIpc) is 3.31. The number of nitrogens with zero attached hydrogens (tertiary/aromatic N) is 3. The van der Waals surface area contributed by atoms with Gasteiger partial charge in [-0.2, -0.15) is 0 Å². The first-order chi connectivity index (χ1) is 12.8. The summed E-state index contributed by atoms with van der Waals surface area (Å²) in [6.45, 7) is 10.7. The first-order valence-electron chi connectivity index (χ1n) is 10.1. The van der Waals surface area contributed by atoms with Crippen LogP contribution in [0.4, 0.5) is 10.6 Å². The van der Waals surface area contributed by atoms with E-state index in [-0.39, 0.29) is 18.2 Å². The molecule has 2 unspecified atom stereocenters. The molecule has 1 aromatic rings. The number of hydrogen-bond donors (Lipinski definition) is 0.